The molecule has 0 radical (unpaired) electrons. The first-order valence-corrected chi connectivity index (χ1v) is 16.9. The smallest absolute Gasteiger partial charge is 0.264 e. The van der Waals surface area contributed by atoms with E-state index in [4.69, 9.17) is 23.2 Å². The molecule has 7 nitrogen and oxygen atoms in total. The summed E-state index contributed by atoms with van der Waals surface area (Å²) in [6, 6.07) is 28.1. The molecule has 4 aromatic rings. The quantitative estimate of drug-likeness (QED) is 0.166. The number of sulfonamides is 1. The molecule has 0 fully saturated rings. The molecule has 0 bridgehead atoms. The van der Waals surface area contributed by atoms with Crippen molar-refractivity contribution in [1.29, 1.82) is 0 Å². The highest BCUT2D eigenvalue weighted by Crippen LogP contribution is 2.26. The molecule has 0 heterocycles. The number of carbonyl (C=O) groups excluding carboxylic acids is 2. The predicted molar refractivity (Wildman–Crippen MR) is 181 cm³/mol. The van der Waals surface area contributed by atoms with Crippen molar-refractivity contribution >= 4 is 50.7 Å². The van der Waals surface area contributed by atoms with Crippen LogP contribution in [0.15, 0.2) is 108 Å². The zero-order chi connectivity index (χ0) is 32.6. The molecule has 0 saturated carbocycles. The van der Waals surface area contributed by atoms with Gasteiger partial charge in [0.15, 0.2) is 0 Å². The fraction of sp³-hybridized carbons (Fsp3) is 0.257. The maximum atomic E-state index is 14.5. The van der Waals surface area contributed by atoms with Crippen LogP contribution in [0.4, 0.5) is 5.69 Å². The second-order valence-corrected chi connectivity index (χ2v) is 13.7. The summed E-state index contributed by atoms with van der Waals surface area (Å²) in [5.74, 6) is -0.860. The first kappa shape index (κ1) is 34.0. The second kappa shape index (κ2) is 15.4. The third kappa shape index (κ3) is 9.10. The van der Waals surface area contributed by atoms with E-state index in [2.05, 4.69) is 5.32 Å². The molecule has 2 amide bonds. The molecule has 1 N–H and O–H groups in total. The van der Waals surface area contributed by atoms with E-state index in [1.165, 1.54) is 29.2 Å². The number of anilines is 1. The Bertz CT molecular complexity index is 1680. The Morgan fingerprint density at radius 1 is 0.800 bits per heavy atom. The average Bonchev–Trinajstić information content (AvgIpc) is 3.03. The molecule has 0 aliphatic heterocycles. The van der Waals surface area contributed by atoms with Crippen molar-refractivity contribution in [2.24, 2.45) is 0 Å². The normalized spacial score (nSPS) is 12.6. The molecule has 0 saturated heterocycles. The minimum absolute atomic E-state index is 0.0140. The summed E-state index contributed by atoms with van der Waals surface area (Å²) in [5, 5.41) is 3.95. The van der Waals surface area contributed by atoms with Crippen LogP contribution >= 0.6 is 23.2 Å². The van der Waals surface area contributed by atoms with Gasteiger partial charge in [-0.15, -0.1) is 0 Å². The lowest BCUT2D eigenvalue weighted by atomic mass is 10.0. The molecule has 0 aliphatic carbocycles. The van der Waals surface area contributed by atoms with Crippen LogP contribution < -0.4 is 9.62 Å². The number of nitrogens with one attached hydrogen (secondary N) is 1. The van der Waals surface area contributed by atoms with E-state index in [1.54, 1.807) is 48.5 Å². The number of rotatable bonds is 13. The maximum Gasteiger partial charge on any atom is 0.264 e. The number of halogens is 2. The van der Waals surface area contributed by atoms with Crippen LogP contribution in [-0.4, -0.2) is 43.8 Å². The molecule has 2 atom stereocenters. The van der Waals surface area contributed by atoms with E-state index in [-0.39, 0.29) is 29.8 Å². The van der Waals surface area contributed by atoms with Crippen LogP contribution in [0, 0.1) is 6.92 Å². The molecular weight excluding hydrogens is 629 g/mol. The SMILES string of the molecule is CC[C@H](C)NC(=O)[C@@H](Cc1ccccc1)N(Cc1ccc(Cl)cc1)C(=O)CN(c1ccc(C)cc1)S(=O)(=O)c1ccc(Cl)cc1. The zero-order valence-electron chi connectivity index (χ0n) is 25.5. The van der Waals surface area contributed by atoms with Crippen LogP contribution in [-0.2, 0) is 32.6 Å². The third-order valence-corrected chi connectivity index (χ3v) is 9.83. The number of carbonyl (C=O) groups is 2. The monoisotopic (exact) mass is 665 g/mol. The number of hydrogen-bond acceptors (Lipinski definition) is 4. The van der Waals surface area contributed by atoms with Gasteiger partial charge in [0.1, 0.15) is 12.6 Å². The van der Waals surface area contributed by atoms with Gasteiger partial charge >= 0.3 is 0 Å². The summed E-state index contributed by atoms with van der Waals surface area (Å²) >= 11 is 12.2. The summed E-state index contributed by atoms with van der Waals surface area (Å²) in [7, 11) is -4.21. The van der Waals surface area contributed by atoms with Crippen molar-refractivity contribution in [3.05, 3.63) is 130 Å². The zero-order valence-corrected chi connectivity index (χ0v) is 27.8. The molecule has 236 valence electrons. The van der Waals surface area contributed by atoms with Crippen LogP contribution in [0.2, 0.25) is 10.0 Å². The van der Waals surface area contributed by atoms with E-state index in [0.717, 1.165) is 21.0 Å². The lowest BCUT2D eigenvalue weighted by Crippen LogP contribution is -2.54. The van der Waals surface area contributed by atoms with Crippen LogP contribution in [0.5, 0.6) is 0 Å². The van der Waals surface area contributed by atoms with Gasteiger partial charge in [-0.25, -0.2) is 8.42 Å². The number of hydrogen-bond donors (Lipinski definition) is 1. The van der Waals surface area contributed by atoms with Crippen LogP contribution in [0.25, 0.3) is 0 Å². The van der Waals surface area contributed by atoms with E-state index in [1.807, 2.05) is 51.1 Å². The van der Waals surface area contributed by atoms with Gasteiger partial charge in [0.05, 0.1) is 10.6 Å². The molecule has 45 heavy (non-hydrogen) atoms. The van der Waals surface area contributed by atoms with Gasteiger partial charge in [-0.3, -0.25) is 13.9 Å². The van der Waals surface area contributed by atoms with Crippen LogP contribution in [0.3, 0.4) is 0 Å². The highest BCUT2D eigenvalue weighted by molar-refractivity contribution is 7.92. The maximum absolute atomic E-state index is 14.5. The minimum Gasteiger partial charge on any atom is -0.352 e. The Morgan fingerprint density at radius 2 is 1.38 bits per heavy atom. The van der Waals surface area contributed by atoms with Gasteiger partial charge in [-0.2, -0.15) is 0 Å². The first-order valence-electron chi connectivity index (χ1n) is 14.7. The van der Waals surface area contributed by atoms with Crippen molar-refractivity contribution in [3.63, 3.8) is 0 Å². The number of nitrogens with zero attached hydrogens (tertiary/aromatic N) is 2. The molecule has 10 heteroatoms. The highest BCUT2D eigenvalue weighted by Gasteiger charge is 2.35. The van der Waals surface area contributed by atoms with Gasteiger partial charge in [-0.05, 0) is 79.9 Å². The van der Waals surface area contributed by atoms with Crippen molar-refractivity contribution < 1.29 is 18.0 Å². The number of aryl methyl sites for hydroxylation is 1. The highest BCUT2D eigenvalue weighted by atomic mass is 35.5. The fourth-order valence-electron chi connectivity index (χ4n) is 4.76. The van der Waals surface area contributed by atoms with Crippen molar-refractivity contribution in [1.82, 2.24) is 10.2 Å². The molecule has 0 spiro atoms. The number of benzene rings is 4. The Labute approximate surface area is 275 Å². The summed E-state index contributed by atoms with van der Waals surface area (Å²) in [6.45, 7) is 5.29. The van der Waals surface area contributed by atoms with E-state index in [9.17, 15) is 18.0 Å². The van der Waals surface area contributed by atoms with E-state index < -0.39 is 28.5 Å². The molecule has 0 unspecified atom stereocenters. The second-order valence-electron chi connectivity index (χ2n) is 11.0. The van der Waals surface area contributed by atoms with Crippen LogP contribution in [0.1, 0.15) is 37.0 Å². The Hall–Kier alpha value is -3.85. The van der Waals surface area contributed by atoms with Gasteiger partial charge in [0, 0.05) is 29.1 Å². The molecule has 0 aromatic heterocycles. The summed E-state index contributed by atoms with van der Waals surface area (Å²) in [5.41, 5.74) is 2.85. The molecule has 0 aliphatic rings. The van der Waals surface area contributed by atoms with Gasteiger partial charge < -0.3 is 10.2 Å². The summed E-state index contributed by atoms with van der Waals surface area (Å²) in [4.78, 5) is 29.8. The van der Waals surface area contributed by atoms with Crippen molar-refractivity contribution in [3.8, 4) is 0 Å². The summed E-state index contributed by atoms with van der Waals surface area (Å²) < 4.78 is 29.2. The molecular formula is C35H37Cl2N3O4S. The molecule has 4 rings (SSSR count). The first-order chi connectivity index (χ1) is 21.5. The largest absolute Gasteiger partial charge is 0.352 e. The Kier molecular flexibility index (Phi) is 11.7. The average molecular weight is 667 g/mol. The fourth-order valence-corrected chi connectivity index (χ4v) is 6.42. The Morgan fingerprint density at radius 3 is 1.96 bits per heavy atom. The lowest BCUT2D eigenvalue weighted by Gasteiger charge is -2.34. The van der Waals surface area contributed by atoms with Gasteiger partial charge in [0.25, 0.3) is 10.0 Å². The topological polar surface area (TPSA) is 86.8 Å². The lowest BCUT2D eigenvalue weighted by molar-refractivity contribution is -0.140. The predicted octanol–water partition coefficient (Wildman–Crippen LogP) is 7.05. The van der Waals surface area contributed by atoms with E-state index >= 15 is 0 Å². The number of amides is 2. The Balaban J connectivity index is 1.80. The van der Waals surface area contributed by atoms with Gasteiger partial charge in [-0.1, -0.05) is 90.3 Å². The molecule has 4 aromatic carbocycles. The summed E-state index contributed by atoms with van der Waals surface area (Å²) in [6.07, 6.45) is 0.937. The van der Waals surface area contributed by atoms with Crippen molar-refractivity contribution in [2.45, 2.75) is 57.1 Å². The minimum atomic E-state index is -4.21. The van der Waals surface area contributed by atoms with Gasteiger partial charge in [0.2, 0.25) is 11.8 Å². The van der Waals surface area contributed by atoms with E-state index in [0.29, 0.717) is 22.2 Å². The third-order valence-electron chi connectivity index (χ3n) is 7.54. The van der Waals surface area contributed by atoms with Crippen molar-refractivity contribution in [2.75, 3.05) is 10.8 Å². The standard InChI is InChI=1S/C35H37Cl2N3O4S/c1-4-26(3)38-35(42)33(22-27-8-6-5-7-9-27)39(23-28-12-14-29(36)15-13-28)34(41)24-40(31-18-10-25(2)11-19-31)45(43,44)32-20-16-30(37)17-21-32/h5-21,26,33H,4,22-24H2,1-3H3,(H,38,42)/t26-,33+/m0/s1.